The highest BCUT2D eigenvalue weighted by atomic mass is 32.2. The quantitative estimate of drug-likeness (QED) is 0.391. The Morgan fingerprint density at radius 2 is 1.84 bits per heavy atom. The second kappa shape index (κ2) is 9.22. The van der Waals surface area contributed by atoms with E-state index < -0.39 is 9.84 Å². The van der Waals surface area contributed by atoms with Gasteiger partial charge in [0.05, 0.1) is 27.8 Å². The summed E-state index contributed by atoms with van der Waals surface area (Å²) in [6, 6.07) is 16.3. The van der Waals surface area contributed by atoms with Gasteiger partial charge in [-0.3, -0.25) is 9.48 Å². The number of halogens is 1. The zero-order valence-electron chi connectivity index (χ0n) is 17.4. The maximum Gasteiger partial charge on any atom is 0.261 e. The van der Waals surface area contributed by atoms with E-state index in [0.29, 0.717) is 17.8 Å². The van der Waals surface area contributed by atoms with Crippen LogP contribution in [0.3, 0.4) is 0 Å². The molecule has 0 saturated carbocycles. The number of hydrogen-bond acceptors (Lipinski definition) is 5. The molecule has 0 unspecified atom stereocenters. The van der Waals surface area contributed by atoms with Crippen LogP contribution in [0.2, 0.25) is 0 Å². The number of carbonyl (C=O) groups excluding carboxylic acids is 1. The van der Waals surface area contributed by atoms with Crippen molar-refractivity contribution in [1.29, 1.82) is 0 Å². The summed E-state index contributed by atoms with van der Waals surface area (Å²) in [6.07, 6.45) is 0.325. The Hall–Kier alpha value is -3.04. The number of amides is 1. The minimum absolute atomic E-state index is 0.0323. The van der Waals surface area contributed by atoms with Gasteiger partial charge in [0, 0.05) is 11.9 Å². The Morgan fingerprint density at radius 3 is 2.56 bits per heavy atom. The van der Waals surface area contributed by atoms with Gasteiger partial charge >= 0.3 is 0 Å². The standard InChI is InChI=1S/C23H22FN3O3S2/c1-16-20-14-21(31-23(20)27(26-16)15-17-8-10-18(24)11-9-17)22(28)25-12-5-13-32(29,30)19-6-3-2-4-7-19/h2-4,6-11,14H,5,12-13,15H2,1H3,(H,25,28). The lowest BCUT2D eigenvalue weighted by molar-refractivity contribution is 0.0958. The molecule has 0 saturated heterocycles. The first-order valence-electron chi connectivity index (χ1n) is 10.1. The number of rotatable bonds is 8. The summed E-state index contributed by atoms with van der Waals surface area (Å²) in [5, 5.41) is 8.24. The number of aromatic nitrogens is 2. The SMILES string of the molecule is Cc1nn(Cc2ccc(F)cc2)c2sc(C(=O)NCCCS(=O)(=O)c3ccccc3)cc12. The molecule has 0 aliphatic carbocycles. The normalized spacial score (nSPS) is 11.7. The van der Waals surface area contributed by atoms with Crippen molar-refractivity contribution in [2.24, 2.45) is 0 Å². The molecule has 0 fully saturated rings. The van der Waals surface area contributed by atoms with Gasteiger partial charge in [0.25, 0.3) is 5.91 Å². The topological polar surface area (TPSA) is 81.1 Å². The molecule has 32 heavy (non-hydrogen) atoms. The van der Waals surface area contributed by atoms with Crippen LogP contribution < -0.4 is 5.32 Å². The molecule has 2 aromatic heterocycles. The molecule has 0 aliphatic rings. The second-order valence-corrected chi connectivity index (χ2v) is 10.6. The van der Waals surface area contributed by atoms with Gasteiger partial charge in [-0.1, -0.05) is 30.3 Å². The van der Waals surface area contributed by atoms with Gasteiger partial charge in [0.15, 0.2) is 9.84 Å². The zero-order chi connectivity index (χ0) is 22.7. The maximum absolute atomic E-state index is 13.2. The van der Waals surface area contributed by atoms with Gasteiger partial charge < -0.3 is 5.32 Å². The van der Waals surface area contributed by atoms with E-state index in [1.54, 1.807) is 48.5 Å². The van der Waals surface area contributed by atoms with E-state index in [1.165, 1.54) is 23.5 Å². The monoisotopic (exact) mass is 471 g/mol. The molecule has 2 heterocycles. The fraction of sp³-hybridized carbons (Fsp3) is 0.217. The van der Waals surface area contributed by atoms with E-state index in [9.17, 15) is 17.6 Å². The number of hydrogen-bond donors (Lipinski definition) is 1. The lowest BCUT2D eigenvalue weighted by atomic mass is 10.2. The van der Waals surface area contributed by atoms with E-state index in [4.69, 9.17) is 0 Å². The van der Waals surface area contributed by atoms with Crippen LogP contribution >= 0.6 is 11.3 Å². The summed E-state index contributed by atoms with van der Waals surface area (Å²) in [5.41, 5.74) is 1.72. The third kappa shape index (κ3) is 4.89. The van der Waals surface area contributed by atoms with Crippen LogP contribution in [-0.2, 0) is 16.4 Å². The number of nitrogens with zero attached hydrogens (tertiary/aromatic N) is 2. The van der Waals surface area contributed by atoms with Crippen LogP contribution in [0.5, 0.6) is 0 Å². The summed E-state index contributed by atoms with van der Waals surface area (Å²) >= 11 is 1.33. The molecule has 0 aliphatic heterocycles. The van der Waals surface area contributed by atoms with Crippen LogP contribution in [0.25, 0.3) is 10.2 Å². The largest absolute Gasteiger partial charge is 0.351 e. The Balaban J connectivity index is 1.39. The minimum atomic E-state index is -3.36. The molecule has 2 aromatic carbocycles. The van der Waals surface area contributed by atoms with Gasteiger partial charge in [-0.05, 0) is 49.2 Å². The number of sulfone groups is 1. The van der Waals surface area contributed by atoms with Crippen molar-refractivity contribution < 1.29 is 17.6 Å². The molecule has 0 bridgehead atoms. The van der Waals surface area contributed by atoms with Crippen molar-refractivity contribution in [1.82, 2.24) is 15.1 Å². The van der Waals surface area contributed by atoms with E-state index in [2.05, 4.69) is 10.4 Å². The Bertz CT molecular complexity index is 1340. The fourth-order valence-electron chi connectivity index (χ4n) is 3.39. The van der Waals surface area contributed by atoms with Crippen molar-refractivity contribution in [2.75, 3.05) is 12.3 Å². The molecule has 1 N–H and O–H groups in total. The number of thiophene rings is 1. The third-order valence-electron chi connectivity index (χ3n) is 5.05. The zero-order valence-corrected chi connectivity index (χ0v) is 19.0. The molecule has 1 amide bonds. The average molecular weight is 472 g/mol. The Labute approximate surface area is 189 Å². The molecule has 6 nitrogen and oxygen atoms in total. The van der Waals surface area contributed by atoms with Gasteiger partial charge in [-0.15, -0.1) is 11.3 Å². The summed E-state index contributed by atoms with van der Waals surface area (Å²) in [7, 11) is -3.36. The lowest BCUT2D eigenvalue weighted by Crippen LogP contribution is -2.25. The molecule has 0 atom stereocenters. The molecule has 166 valence electrons. The summed E-state index contributed by atoms with van der Waals surface area (Å²) in [4.78, 5) is 14.3. The van der Waals surface area contributed by atoms with Crippen LogP contribution in [0.1, 0.15) is 27.3 Å². The predicted octanol–water partition coefficient (Wildman–Crippen LogP) is 4.19. The first-order valence-corrected chi connectivity index (χ1v) is 12.6. The Morgan fingerprint density at radius 1 is 1.12 bits per heavy atom. The molecule has 4 aromatic rings. The average Bonchev–Trinajstić information content (AvgIpc) is 3.35. The fourth-order valence-corrected chi connectivity index (χ4v) is 5.80. The summed E-state index contributed by atoms with van der Waals surface area (Å²) in [5.74, 6) is -0.562. The third-order valence-corrected chi connectivity index (χ3v) is 8.02. The number of benzene rings is 2. The Kier molecular flexibility index (Phi) is 6.38. The van der Waals surface area contributed by atoms with Crippen molar-refractivity contribution in [3.05, 3.63) is 82.6 Å². The van der Waals surface area contributed by atoms with Crippen molar-refractivity contribution in [3.63, 3.8) is 0 Å². The van der Waals surface area contributed by atoms with Gasteiger partial charge in [0.1, 0.15) is 10.6 Å². The smallest absolute Gasteiger partial charge is 0.261 e. The summed E-state index contributed by atoms with van der Waals surface area (Å²) < 4.78 is 39.6. The maximum atomic E-state index is 13.2. The number of nitrogens with one attached hydrogen (secondary N) is 1. The van der Waals surface area contributed by atoms with Crippen molar-refractivity contribution in [3.8, 4) is 0 Å². The van der Waals surface area contributed by atoms with E-state index in [0.717, 1.165) is 21.5 Å². The highest BCUT2D eigenvalue weighted by Gasteiger charge is 2.17. The predicted molar refractivity (Wildman–Crippen MR) is 123 cm³/mol. The number of fused-ring (bicyclic) bond motifs is 1. The molecule has 9 heteroatoms. The highest BCUT2D eigenvalue weighted by molar-refractivity contribution is 7.91. The van der Waals surface area contributed by atoms with Gasteiger partial charge in [-0.2, -0.15) is 5.10 Å². The number of carbonyl (C=O) groups is 1. The lowest BCUT2D eigenvalue weighted by Gasteiger charge is -2.06. The van der Waals surface area contributed by atoms with E-state index in [1.807, 2.05) is 11.6 Å². The minimum Gasteiger partial charge on any atom is -0.351 e. The first kappa shape index (κ1) is 22.2. The van der Waals surface area contributed by atoms with Crippen LogP contribution in [0.4, 0.5) is 4.39 Å². The van der Waals surface area contributed by atoms with Crippen LogP contribution in [-0.4, -0.2) is 36.4 Å². The van der Waals surface area contributed by atoms with Crippen molar-refractivity contribution >= 4 is 37.3 Å². The first-order chi connectivity index (χ1) is 15.3. The molecule has 0 spiro atoms. The van der Waals surface area contributed by atoms with Gasteiger partial charge in [0.2, 0.25) is 0 Å². The molecule has 4 rings (SSSR count). The van der Waals surface area contributed by atoms with E-state index in [-0.39, 0.29) is 28.9 Å². The molecular weight excluding hydrogens is 449 g/mol. The molecular formula is C23H22FN3O3S2. The molecule has 0 radical (unpaired) electrons. The highest BCUT2D eigenvalue weighted by Crippen LogP contribution is 2.29. The van der Waals surface area contributed by atoms with Crippen LogP contribution in [0, 0.1) is 12.7 Å². The second-order valence-electron chi connectivity index (χ2n) is 7.44. The number of aryl methyl sites for hydroxylation is 1. The van der Waals surface area contributed by atoms with Crippen molar-refractivity contribution in [2.45, 2.75) is 24.8 Å². The van der Waals surface area contributed by atoms with Gasteiger partial charge in [-0.25, -0.2) is 12.8 Å². The van der Waals surface area contributed by atoms with E-state index >= 15 is 0 Å². The summed E-state index contributed by atoms with van der Waals surface area (Å²) in [6.45, 7) is 2.62. The van der Waals surface area contributed by atoms with Crippen LogP contribution in [0.15, 0.2) is 65.6 Å².